The van der Waals surface area contributed by atoms with Gasteiger partial charge in [-0.2, -0.15) is 0 Å². The third-order valence-electron chi connectivity index (χ3n) is 5.65. The molecule has 1 aliphatic carbocycles. The smallest absolute Gasteiger partial charge is 0.236 e. The number of amides is 1. The molecule has 0 aromatic heterocycles. The minimum absolute atomic E-state index is 0.0513. The number of hydrogen-bond acceptors (Lipinski definition) is 7. The number of halogens is 1. The molecule has 0 aromatic rings. The summed E-state index contributed by atoms with van der Waals surface area (Å²) in [6.07, 6.45) is 2.12. The van der Waals surface area contributed by atoms with Gasteiger partial charge in [-0.1, -0.05) is 13.5 Å². The van der Waals surface area contributed by atoms with Gasteiger partial charge in [-0.25, -0.2) is 22.6 Å². The summed E-state index contributed by atoms with van der Waals surface area (Å²) in [6, 6.07) is 0.408. The van der Waals surface area contributed by atoms with Crippen LogP contribution in [0.3, 0.4) is 0 Å². The molecule has 1 amide bonds. The molecule has 5 unspecified atom stereocenters. The second-order valence-electron chi connectivity index (χ2n) is 7.51. The maximum atomic E-state index is 12.6. The predicted octanol–water partition coefficient (Wildman–Crippen LogP) is 0.139. The van der Waals surface area contributed by atoms with Gasteiger partial charge in [0.1, 0.15) is 0 Å². The van der Waals surface area contributed by atoms with Crippen LogP contribution in [0, 0.1) is 5.92 Å². The summed E-state index contributed by atoms with van der Waals surface area (Å²) in [5.41, 5.74) is 0. The molecule has 1 saturated carbocycles. The fraction of sp³-hybridized carbons (Fsp3) is 0.812. The Morgan fingerprint density at radius 1 is 1.33 bits per heavy atom. The zero-order valence-corrected chi connectivity index (χ0v) is 17.7. The number of sulfonamides is 1. The van der Waals surface area contributed by atoms with Gasteiger partial charge in [-0.15, -0.1) is 11.6 Å². The number of alkyl halides is 1. The highest BCUT2D eigenvalue weighted by atomic mass is 35.5. The maximum Gasteiger partial charge on any atom is 0.236 e. The standard InChI is InChI=1S/C16H28ClN5O3S2/c1-3-27(24,25)21-11-4-6-22(7-5-11)13(23)9-18-14-10(2)8-12(17)15-16(14)20-26-19-15/h3,10-12,14-16,18-21H,1,4-9H2,2H3. The van der Waals surface area contributed by atoms with Gasteiger partial charge in [0.15, 0.2) is 0 Å². The average Bonchev–Trinajstić information content (AvgIpc) is 3.12. The molecule has 2 heterocycles. The van der Waals surface area contributed by atoms with Gasteiger partial charge in [0, 0.05) is 42.7 Å². The van der Waals surface area contributed by atoms with Crippen LogP contribution in [0.2, 0.25) is 0 Å². The maximum absolute atomic E-state index is 12.6. The number of nitrogens with one attached hydrogen (secondary N) is 4. The monoisotopic (exact) mass is 437 g/mol. The number of hydrogen-bond donors (Lipinski definition) is 4. The van der Waals surface area contributed by atoms with E-state index < -0.39 is 10.0 Å². The SMILES string of the molecule is C=CS(=O)(=O)NC1CCN(C(=O)CNC2C(C)CC(Cl)C3NSNC23)CC1. The molecule has 0 bridgehead atoms. The van der Waals surface area contributed by atoms with Crippen molar-refractivity contribution < 1.29 is 13.2 Å². The van der Waals surface area contributed by atoms with Crippen LogP contribution in [-0.2, 0) is 14.8 Å². The van der Waals surface area contributed by atoms with Gasteiger partial charge >= 0.3 is 0 Å². The van der Waals surface area contributed by atoms with Gasteiger partial charge in [0.25, 0.3) is 0 Å². The topological polar surface area (TPSA) is 103 Å². The van der Waals surface area contributed by atoms with Crippen molar-refractivity contribution in [3.63, 3.8) is 0 Å². The van der Waals surface area contributed by atoms with Crippen LogP contribution >= 0.6 is 23.7 Å². The minimum Gasteiger partial charge on any atom is -0.341 e. The second kappa shape index (κ2) is 8.98. The molecule has 4 N–H and O–H groups in total. The normalized spacial score (nSPS) is 35.0. The molecule has 11 heteroatoms. The van der Waals surface area contributed by atoms with Crippen molar-refractivity contribution in [2.24, 2.45) is 5.92 Å². The quantitative estimate of drug-likeness (QED) is 0.346. The van der Waals surface area contributed by atoms with E-state index in [1.54, 1.807) is 4.90 Å². The summed E-state index contributed by atoms with van der Waals surface area (Å²) in [4.78, 5) is 14.4. The van der Waals surface area contributed by atoms with E-state index in [4.69, 9.17) is 11.6 Å². The number of carbonyl (C=O) groups is 1. The van der Waals surface area contributed by atoms with E-state index >= 15 is 0 Å². The van der Waals surface area contributed by atoms with Crippen LogP contribution in [0.4, 0.5) is 0 Å². The summed E-state index contributed by atoms with van der Waals surface area (Å²) in [5.74, 6) is 0.420. The van der Waals surface area contributed by atoms with E-state index in [0.717, 1.165) is 11.8 Å². The molecule has 0 aromatic carbocycles. The van der Waals surface area contributed by atoms with E-state index in [9.17, 15) is 13.2 Å². The summed E-state index contributed by atoms with van der Waals surface area (Å²) in [7, 11) is -3.43. The first kappa shape index (κ1) is 21.4. The van der Waals surface area contributed by atoms with Crippen molar-refractivity contribution in [3.8, 4) is 0 Å². The lowest BCUT2D eigenvalue weighted by atomic mass is 9.79. The zero-order chi connectivity index (χ0) is 19.6. The first-order chi connectivity index (χ1) is 12.8. The van der Waals surface area contributed by atoms with Gasteiger partial charge in [0.2, 0.25) is 15.9 Å². The lowest BCUT2D eigenvalue weighted by Gasteiger charge is -2.41. The number of piperidine rings is 1. The Morgan fingerprint density at radius 2 is 2.00 bits per heavy atom. The highest BCUT2D eigenvalue weighted by Gasteiger charge is 2.45. The molecule has 3 rings (SSSR count). The van der Waals surface area contributed by atoms with Crippen LogP contribution in [0.1, 0.15) is 26.2 Å². The molecule has 5 atom stereocenters. The fourth-order valence-electron chi connectivity index (χ4n) is 4.09. The summed E-state index contributed by atoms with van der Waals surface area (Å²) in [6.45, 7) is 6.85. The van der Waals surface area contributed by atoms with Gasteiger partial charge in [-0.3, -0.25) is 4.79 Å². The molecule has 3 fully saturated rings. The molecule has 2 saturated heterocycles. The van der Waals surface area contributed by atoms with E-state index in [-0.39, 0.29) is 42.0 Å². The second-order valence-corrected chi connectivity index (χ2v) is 10.4. The number of carbonyl (C=O) groups excluding carboxylic acids is 1. The van der Waals surface area contributed by atoms with Crippen molar-refractivity contribution in [2.45, 2.75) is 55.7 Å². The third-order valence-corrected chi connectivity index (χ3v) is 7.98. The summed E-state index contributed by atoms with van der Waals surface area (Å²) >= 11 is 7.93. The number of likely N-dealkylation sites (tertiary alicyclic amines) is 1. The molecule has 27 heavy (non-hydrogen) atoms. The molecular formula is C16H28ClN5O3S2. The Labute approximate surface area is 170 Å². The average molecular weight is 438 g/mol. The Bertz CT molecular complexity index is 656. The Balaban J connectivity index is 1.47. The van der Waals surface area contributed by atoms with Gasteiger partial charge in [-0.05, 0) is 25.2 Å². The Kier molecular flexibility index (Phi) is 7.10. The first-order valence-corrected chi connectivity index (χ1v) is 12.1. The molecule has 154 valence electrons. The lowest BCUT2D eigenvalue weighted by molar-refractivity contribution is -0.131. The number of rotatable bonds is 6. The van der Waals surface area contributed by atoms with Crippen molar-refractivity contribution >= 4 is 39.7 Å². The third kappa shape index (κ3) is 5.17. The highest BCUT2D eigenvalue weighted by molar-refractivity contribution is 7.95. The minimum atomic E-state index is -3.43. The van der Waals surface area contributed by atoms with Crippen LogP contribution in [-0.4, -0.2) is 68.4 Å². The zero-order valence-electron chi connectivity index (χ0n) is 15.4. The predicted molar refractivity (Wildman–Crippen MR) is 109 cm³/mol. The van der Waals surface area contributed by atoms with Crippen LogP contribution in [0.5, 0.6) is 0 Å². The number of fused-ring (bicyclic) bond motifs is 1. The molecule has 0 radical (unpaired) electrons. The van der Waals surface area contributed by atoms with E-state index in [2.05, 4.69) is 33.0 Å². The lowest BCUT2D eigenvalue weighted by Crippen LogP contribution is -2.61. The van der Waals surface area contributed by atoms with Crippen LogP contribution in [0.25, 0.3) is 0 Å². The Morgan fingerprint density at radius 3 is 2.67 bits per heavy atom. The summed E-state index contributed by atoms with van der Waals surface area (Å²) in [5, 5.41) is 4.43. The van der Waals surface area contributed by atoms with Crippen LogP contribution in [0.15, 0.2) is 12.0 Å². The highest BCUT2D eigenvalue weighted by Crippen LogP contribution is 2.33. The molecule has 8 nitrogen and oxygen atoms in total. The molecule has 0 spiro atoms. The van der Waals surface area contributed by atoms with Gasteiger partial charge < -0.3 is 10.2 Å². The molecule has 2 aliphatic heterocycles. The van der Waals surface area contributed by atoms with Crippen molar-refractivity contribution in [1.82, 2.24) is 24.4 Å². The van der Waals surface area contributed by atoms with Crippen LogP contribution < -0.4 is 19.5 Å². The van der Waals surface area contributed by atoms with E-state index in [0.29, 0.717) is 31.8 Å². The summed E-state index contributed by atoms with van der Waals surface area (Å²) < 4.78 is 32.4. The van der Waals surface area contributed by atoms with Crippen molar-refractivity contribution in [3.05, 3.63) is 12.0 Å². The fourth-order valence-corrected chi connectivity index (χ4v) is 6.40. The first-order valence-electron chi connectivity index (χ1n) is 9.27. The largest absolute Gasteiger partial charge is 0.341 e. The van der Waals surface area contributed by atoms with E-state index in [1.807, 2.05) is 0 Å². The molecular weight excluding hydrogens is 410 g/mol. The van der Waals surface area contributed by atoms with Crippen molar-refractivity contribution in [1.29, 1.82) is 0 Å². The number of nitrogens with zero attached hydrogens (tertiary/aromatic N) is 1. The van der Waals surface area contributed by atoms with E-state index in [1.165, 1.54) is 12.1 Å². The van der Waals surface area contributed by atoms with Gasteiger partial charge in [0.05, 0.1) is 24.0 Å². The van der Waals surface area contributed by atoms with Crippen molar-refractivity contribution in [2.75, 3.05) is 19.6 Å². The molecule has 3 aliphatic rings. The Hall–Kier alpha value is -0.360.